The Morgan fingerprint density at radius 1 is 0.511 bits per heavy atom. The molecule has 0 spiro atoms. The lowest BCUT2D eigenvalue weighted by atomic mass is 10.1. The summed E-state index contributed by atoms with van der Waals surface area (Å²) in [6, 6.07) is 29.9. The molecule has 0 bridgehead atoms. The molecule has 2 heterocycles. The molecule has 0 saturated carbocycles. The number of benzene rings is 4. The maximum absolute atomic E-state index is 13.7. The first-order chi connectivity index (χ1) is 22.7. The molecule has 10 nitrogen and oxygen atoms in total. The molecule has 7 rings (SSSR count). The van der Waals surface area contributed by atoms with Gasteiger partial charge in [0.15, 0.2) is 0 Å². The highest BCUT2D eigenvalue weighted by atomic mass is 32.2. The van der Waals surface area contributed by atoms with Crippen LogP contribution in [0.2, 0.25) is 0 Å². The van der Waals surface area contributed by atoms with Crippen molar-refractivity contribution in [1.82, 2.24) is 18.4 Å². The number of hydrogen-bond donors (Lipinski definition) is 1. The molecular formula is C35H37N5O5S2. The van der Waals surface area contributed by atoms with E-state index in [0.29, 0.717) is 74.6 Å². The Labute approximate surface area is 276 Å². The van der Waals surface area contributed by atoms with E-state index in [2.05, 4.69) is 39.2 Å². The van der Waals surface area contributed by atoms with Crippen LogP contribution in [0.4, 0.5) is 0 Å². The summed E-state index contributed by atoms with van der Waals surface area (Å²) >= 11 is 0. The van der Waals surface area contributed by atoms with E-state index < -0.39 is 20.0 Å². The molecule has 0 atom stereocenters. The Morgan fingerprint density at radius 2 is 0.894 bits per heavy atom. The van der Waals surface area contributed by atoms with Crippen LogP contribution in [-0.2, 0) is 33.1 Å². The minimum Gasteiger partial charge on any atom is -0.410 e. The van der Waals surface area contributed by atoms with Crippen LogP contribution < -0.4 is 0 Å². The third kappa shape index (κ3) is 6.24. The Bertz CT molecular complexity index is 1860. The van der Waals surface area contributed by atoms with Crippen LogP contribution in [0, 0.1) is 0 Å². The van der Waals surface area contributed by atoms with Crippen LogP contribution >= 0.6 is 0 Å². The van der Waals surface area contributed by atoms with E-state index in [4.69, 9.17) is 0 Å². The van der Waals surface area contributed by atoms with E-state index in [1.807, 2.05) is 36.4 Å². The number of sulfonamides is 2. The number of piperazine rings is 2. The molecule has 2 saturated heterocycles. The van der Waals surface area contributed by atoms with Gasteiger partial charge < -0.3 is 5.21 Å². The quantitative estimate of drug-likeness (QED) is 0.197. The first-order valence-corrected chi connectivity index (χ1v) is 18.7. The van der Waals surface area contributed by atoms with Gasteiger partial charge in [-0.2, -0.15) is 8.61 Å². The Balaban J connectivity index is 1.06. The van der Waals surface area contributed by atoms with Crippen molar-refractivity contribution < 1.29 is 22.0 Å². The molecule has 3 aliphatic rings. The van der Waals surface area contributed by atoms with Gasteiger partial charge in [-0.15, -0.1) is 0 Å². The van der Waals surface area contributed by atoms with Crippen LogP contribution in [0.1, 0.15) is 22.3 Å². The smallest absolute Gasteiger partial charge is 0.243 e. The number of fused-ring (bicyclic) bond motifs is 3. The van der Waals surface area contributed by atoms with Gasteiger partial charge in [0.1, 0.15) is 5.71 Å². The summed E-state index contributed by atoms with van der Waals surface area (Å²) in [6.07, 6.45) is 0. The Hall–Kier alpha value is -3.91. The fourth-order valence-electron chi connectivity index (χ4n) is 6.72. The molecule has 2 aliphatic heterocycles. The Morgan fingerprint density at radius 3 is 1.26 bits per heavy atom. The minimum atomic E-state index is -3.81. The normalized spacial score (nSPS) is 18.2. The molecule has 1 aliphatic carbocycles. The maximum Gasteiger partial charge on any atom is 0.243 e. The van der Waals surface area contributed by atoms with Crippen LogP contribution in [0.5, 0.6) is 0 Å². The fraction of sp³-hybridized carbons (Fsp3) is 0.286. The van der Waals surface area contributed by atoms with Gasteiger partial charge in [-0.25, -0.2) is 16.8 Å². The van der Waals surface area contributed by atoms with Crippen molar-refractivity contribution in [2.24, 2.45) is 5.16 Å². The van der Waals surface area contributed by atoms with E-state index in [9.17, 15) is 22.0 Å². The molecule has 4 aromatic carbocycles. The molecule has 1 N–H and O–H groups in total. The van der Waals surface area contributed by atoms with Crippen molar-refractivity contribution in [2.45, 2.75) is 22.9 Å². The largest absolute Gasteiger partial charge is 0.410 e. The fourth-order valence-corrected chi connectivity index (χ4v) is 9.62. The zero-order chi connectivity index (χ0) is 32.6. The summed E-state index contributed by atoms with van der Waals surface area (Å²) < 4.78 is 57.9. The second-order valence-corrected chi connectivity index (χ2v) is 16.1. The first-order valence-electron chi connectivity index (χ1n) is 15.8. The highest BCUT2D eigenvalue weighted by Gasteiger charge is 2.34. The summed E-state index contributed by atoms with van der Waals surface area (Å²) in [4.78, 5) is 4.71. The van der Waals surface area contributed by atoms with Gasteiger partial charge in [-0.05, 0) is 46.5 Å². The van der Waals surface area contributed by atoms with Gasteiger partial charge in [-0.1, -0.05) is 78.0 Å². The topological polar surface area (TPSA) is 114 Å². The predicted octanol–water partition coefficient (Wildman–Crippen LogP) is 3.91. The number of nitrogens with zero attached hydrogens (tertiary/aromatic N) is 5. The van der Waals surface area contributed by atoms with Gasteiger partial charge in [0, 0.05) is 76.6 Å². The van der Waals surface area contributed by atoms with E-state index in [1.165, 1.54) is 31.9 Å². The lowest BCUT2D eigenvalue weighted by Crippen LogP contribution is -2.48. The third-order valence-corrected chi connectivity index (χ3v) is 13.1. The highest BCUT2D eigenvalue weighted by molar-refractivity contribution is 7.89. The van der Waals surface area contributed by atoms with E-state index >= 15 is 0 Å². The SMILES string of the molecule is O=S(=O)(c1ccc2c(c1)C(=NO)c1cc(S(=O)(=O)N3CCN(Cc4ccccc4)CC3)ccc1-2)N1CCN(Cc2ccccc2)CC1. The summed E-state index contributed by atoms with van der Waals surface area (Å²) in [6.45, 7) is 5.49. The van der Waals surface area contributed by atoms with Gasteiger partial charge in [0.2, 0.25) is 20.0 Å². The second-order valence-electron chi connectivity index (χ2n) is 12.2. The molecule has 4 aromatic rings. The van der Waals surface area contributed by atoms with Crippen molar-refractivity contribution >= 4 is 25.8 Å². The second kappa shape index (κ2) is 12.9. The zero-order valence-corrected chi connectivity index (χ0v) is 27.6. The molecule has 47 heavy (non-hydrogen) atoms. The van der Waals surface area contributed by atoms with Crippen LogP contribution in [0.15, 0.2) is 112 Å². The average Bonchev–Trinajstić information content (AvgIpc) is 3.42. The van der Waals surface area contributed by atoms with E-state index in [0.717, 1.165) is 13.1 Å². The van der Waals surface area contributed by atoms with Gasteiger partial charge in [0.05, 0.1) is 9.79 Å². The van der Waals surface area contributed by atoms with E-state index in [-0.39, 0.29) is 15.5 Å². The standard InChI is InChI=1S/C35H37N5O5S2/c41-36-35-33-23-29(46(42,43)39-19-15-37(16-20-39)25-27-7-3-1-4-8-27)11-13-31(33)32-14-12-30(24-34(32)35)47(44,45)40-21-17-38(18-22-40)26-28-9-5-2-6-10-28/h1-14,23-24,41H,15-22,25-26H2. The average molecular weight is 672 g/mol. The van der Waals surface area contributed by atoms with Crippen LogP contribution in [0.3, 0.4) is 0 Å². The highest BCUT2D eigenvalue weighted by Crippen LogP contribution is 2.40. The van der Waals surface area contributed by atoms with Crippen molar-refractivity contribution in [3.63, 3.8) is 0 Å². The number of hydrogen-bond acceptors (Lipinski definition) is 8. The molecular weight excluding hydrogens is 635 g/mol. The predicted molar refractivity (Wildman–Crippen MR) is 180 cm³/mol. The van der Waals surface area contributed by atoms with Crippen LogP contribution in [0.25, 0.3) is 11.1 Å². The summed E-state index contributed by atoms with van der Waals surface area (Å²) in [5.41, 5.74) is 4.83. The van der Waals surface area contributed by atoms with Crippen molar-refractivity contribution in [3.05, 3.63) is 119 Å². The van der Waals surface area contributed by atoms with Crippen molar-refractivity contribution in [3.8, 4) is 11.1 Å². The van der Waals surface area contributed by atoms with Crippen molar-refractivity contribution in [1.29, 1.82) is 0 Å². The molecule has 12 heteroatoms. The van der Waals surface area contributed by atoms with Gasteiger partial charge in [0.25, 0.3) is 0 Å². The molecule has 244 valence electrons. The van der Waals surface area contributed by atoms with Gasteiger partial charge >= 0.3 is 0 Å². The van der Waals surface area contributed by atoms with Crippen LogP contribution in [-0.4, -0.2) is 98.5 Å². The lowest BCUT2D eigenvalue weighted by molar-refractivity contribution is 0.181. The Kier molecular flexibility index (Phi) is 8.73. The first kappa shape index (κ1) is 31.7. The molecule has 2 fully saturated rings. The lowest BCUT2D eigenvalue weighted by Gasteiger charge is -2.34. The third-order valence-electron chi connectivity index (χ3n) is 9.32. The number of rotatable bonds is 8. The molecule has 0 amide bonds. The minimum absolute atomic E-state index is 0.114. The summed E-state index contributed by atoms with van der Waals surface area (Å²) in [7, 11) is -7.61. The number of oxime groups is 1. The van der Waals surface area contributed by atoms with Crippen molar-refractivity contribution in [2.75, 3.05) is 52.4 Å². The molecule has 0 aromatic heterocycles. The summed E-state index contributed by atoms with van der Waals surface area (Å²) in [5, 5.41) is 13.6. The molecule has 0 radical (unpaired) electrons. The zero-order valence-electron chi connectivity index (χ0n) is 25.9. The van der Waals surface area contributed by atoms with E-state index in [1.54, 1.807) is 24.3 Å². The van der Waals surface area contributed by atoms with Gasteiger partial charge in [-0.3, -0.25) is 9.80 Å². The maximum atomic E-state index is 13.7. The summed E-state index contributed by atoms with van der Waals surface area (Å²) in [5.74, 6) is 0. The monoisotopic (exact) mass is 671 g/mol. The molecule has 0 unspecified atom stereocenters.